The van der Waals surface area contributed by atoms with Gasteiger partial charge in [-0.05, 0) is 30.7 Å². The maximum Gasteiger partial charge on any atom is 0.275 e. The van der Waals surface area contributed by atoms with Gasteiger partial charge in [-0.3, -0.25) is 14.4 Å². The molecule has 0 radical (unpaired) electrons. The van der Waals surface area contributed by atoms with Crippen LogP contribution < -0.4 is 16.2 Å². The first-order valence-corrected chi connectivity index (χ1v) is 7.86. The zero-order chi connectivity index (χ0) is 17.5. The molecule has 0 bridgehead atoms. The lowest BCUT2D eigenvalue weighted by molar-refractivity contribution is -0.109. The number of benzene rings is 1. The van der Waals surface area contributed by atoms with E-state index in [-0.39, 0.29) is 12.2 Å². The first-order chi connectivity index (χ1) is 11.5. The van der Waals surface area contributed by atoms with E-state index in [1.54, 1.807) is 24.3 Å². The van der Waals surface area contributed by atoms with Gasteiger partial charge in [0.2, 0.25) is 6.41 Å². The van der Waals surface area contributed by atoms with Gasteiger partial charge in [0.15, 0.2) is 11.4 Å². The number of carbonyl (C=O) groups excluding carboxylic acids is 2. The van der Waals surface area contributed by atoms with Crippen molar-refractivity contribution < 1.29 is 14.7 Å². The molecule has 9 heteroatoms. The Morgan fingerprint density at radius 1 is 1.29 bits per heavy atom. The van der Waals surface area contributed by atoms with Crippen LogP contribution in [0.15, 0.2) is 39.6 Å². The van der Waals surface area contributed by atoms with E-state index in [1.807, 2.05) is 0 Å². The van der Waals surface area contributed by atoms with Crippen LogP contribution >= 0.6 is 15.9 Å². The van der Waals surface area contributed by atoms with E-state index in [4.69, 9.17) is 0 Å². The second kappa shape index (κ2) is 8.25. The standard InChI is InChI=1S/C15H15BrN4O4/c16-10-2-4-11(5-3-10)20-13(23)8-12(22)14(19-20)15(24)18-7-1-6-17-9-21/h2-5,8-9,22H,1,6-7H2,(H,17,21)(H,18,24). The molecule has 0 aliphatic rings. The normalized spacial score (nSPS) is 10.2. The molecule has 2 aromatic rings. The van der Waals surface area contributed by atoms with Crippen molar-refractivity contribution in [3.63, 3.8) is 0 Å². The van der Waals surface area contributed by atoms with E-state index in [1.165, 1.54) is 0 Å². The third-order valence-corrected chi connectivity index (χ3v) is 3.59. The van der Waals surface area contributed by atoms with Crippen molar-refractivity contribution in [1.82, 2.24) is 20.4 Å². The number of halogens is 1. The summed E-state index contributed by atoms with van der Waals surface area (Å²) >= 11 is 3.29. The van der Waals surface area contributed by atoms with Crippen molar-refractivity contribution in [1.29, 1.82) is 0 Å². The molecule has 0 fully saturated rings. The van der Waals surface area contributed by atoms with E-state index < -0.39 is 17.2 Å². The Morgan fingerprint density at radius 2 is 2.00 bits per heavy atom. The molecule has 126 valence electrons. The van der Waals surface area contributed by atoms with Crippen molar-refractivity contribution in [3.05, 3.63) is 50.9 Å². The SMILES string of the molecule is O=CNCCCNC(=O)c1nn(-c2ccc(Br)cc2)c(=O)cc1O. The molecule has 0 aliphatic carbocycles. The number of nitrogens with zero attached hydrogens (tertiary/aromatic N) is 2. The quantitative estimate of drug-likeness (QED) is 0.469. The Morgan fingerprint density at radius 3 is 2.67 bits per heavy atom. The lowest BCUT2D eigenvalue weighted by Crippen LogP contribution is -2.30. The lowest BCUT2D eigenvalue weighted by Gasteiger charge is -2.09. The minimum Gasteiger partial charge on any atom is -0.505 e. The van der Waals surface area contributed by atoms with Crippen LogP contribution in [0.25, 0.3) is 5.69 Å². The van der Waals surface area contributed by atoms with Gasteiger partial charge in [-0.15, -0.1) is 0 Å². The molecule has 1 aromatic carbocycles. The number of nitrogens with one attached hydrogen (secondary N) is 2. The second-order valence-corrected chi connectivity index (χ2v) is 5.70. The van der Waals surface area contributed by atoms with E-state index in [2.05, 4.69) is 31.7 Å². The molecule has 0 atom stereocenters. The Balaban J connectivity index is 2.19. The predicted octanol–water partition coefficient (Wildman–Crippen LogP) is 0.566. The van der Waals surface area contributed by atoms with Crippen LogP contribution in [0.4, 0.5) is 0 Å². The average Bonchev–Trinajstić information content (AvgIpc) is 2.55. The Labute approximate surface area is 145 Å². The van der Waals surface area contributed by atoms with Crippen LogP contribution in [0.3, 0.4) is 0 Å². The summed E-state index contributed by atoms with van der Waals surface area (Å²) in [5.41, 5.74) is -0.338. The number of amides is 2. The number of hydrogen-bond donors (Lipinski definition) is 3. The summed E-state index contributed by atoms with van der Waals surface area (Å²) in [5, 5.41) is 18.8. The Kier molecular flexibility index (Phi) is 6.07. The van der Waals surface area contributed by atoms with Gasteiger partial charge in [-0.2, -0.15) is 9.78 Å². The fraction of sp³-hybridized carbons (Fsp3) is 0.200. The first-order valence-electron chi connectivity index (χ1n) is 7.07. The minimum atomic E-state index is -0.607. The predicted molar refractivity (Wildman–Crippen MR) is 90.2 cm³/mol. The lowest BCUT2D eigenvalue weighted by atomic mass is 10.3. The molecule has 0 saturated heterocycles. The fourth-order valence-corrected chi connectivity index (χ4v) is 2.18. The van der Waals surface area contributed by atoms with Crippen LogP contribution in [-0.4, -0.2) is 40.3 Å². The molecule has 3 N–H and O–H groups in total. The van der Waals surface area contributed by atoms with E-state index in [9.17, 15) is 19.5 Å². The van der Waals surface area contributed by atoms with Crippen molar-refractivity contribution in [2.45, 2.75) is 6.42 Å². The van der Waals surface area contributed by atoms with Gasteiger partial charge in [0.25, 0.3) is 11.5 Å². The number of hydrogen-bond acceptors (Lipinski definition) is 5. The maximum absolute atomic E-state index is 12.1. The zero-order valence-corrected chi connectivity index (χ0v) is 14.1. The van der Waals surface area contributed by atoms with Gasteiger partial charge in [-0.25, -0.2) is 0 Å². The summed E-state index contributed by atoms with van der Waals surface area (Å²) in [4.78, 5) is 34.2. The fourth-order valence-electron chi connectivity index (χ4n) is 1.91. The average molecular weight is 395 g/mol. The molecular weight excluding hydrogens is 380 g/mol. The van der Waals surface area contributed by atoms with Gasteiger partial charge >= 0.3 is 0 Å². The molecule has 8 nitrogen and oxygen atoms in total. The summed E-state index contributed by atoms with van der Waals surface area (Å²) in [6.07, 6.45) is 1.10. The Bertz CT molecular complexity index is 789. The molecule has 0 unspecified atom stereocenters. The highest BCUT2D eigenvalue weighted by Crippen LogP contribution is 2.15. The molecule has 1 aromatic heterocycles. The third-order valence-electron chi connectivity index (χ3n) is 3.06. The summed E-state index contributed by atoms with van der Waals surface area (Å²) in [7, 11) is 0. The number of aromatic hydroxyl groups is 1. The molecule has 0 aliphatic heterocycles. The number of rotatable bonds is 7. The molecule has 0 spiro atoms. The molecule has 0 saturated carbocycles. The molecule has 2 amide bonds. The van der Waals surface area contributed by atoms with Crippen LogP contribution in [0.2, 0.25) is 0 Å². The second-order valence-electron chi connectivity index (χ2n) is 4.79. The first kappa shape index (κ1) is 17.7. The smallest absolute Gasteiger partial charge is 0.275 e. The van der Waals surface area contributed by atoms with E-state index in [0.29, 0.717) is 25.1 Å². The summed E-state index contributed by atoms with van der Waals surface area (Å²) in [5.74, 6) is -1.10. The van der Waals surface area contributed by atoms with Crippen LogP contribution in [0.5, 0.6) is 5.75 Å². The van der Waals surface area contributed by atoms with Gasteiger partial charge in [0.1, 0.15) is 0 Å². The van der Waals surface area contributed by atoms with Crippen LogP contribution in [-0.2, 0) is 4.79 Å². The van der Waals surface area contributed by atoms with E-state index in [0.717, 1.165) is 15.2 Å². The van der Waals surface area contributed by atoms with Gasteiger partial charge in [0.05, 0.1) is 5.69 Å². The molecule has 2 rings (SSSR count). The van der Waals surface area contributed by atoms with Crippen molar-refractivity contribution >= 4 is 28.2 Å². The summed E-state index contributed by atoms with van der Waals surface area (Å²) in [6, 6.07) is 7.72. The van der Waals surface area contributed by atoms with Crippen LogP contribution in [0, 0.1) is 0 Å². The molecule has 24 heavy (non-hydrogen) atoms. The van der Waals surface area contributed by atoms with E-state index >= 15 is 0 Å². The van der Waals surface area contributed by atoms with Gasteiger partial charge in [0, 0.05) is 23.6 Å². The van der Waals surface area contributed by atoms with Crippen molar-refractivity contribution in [2.75, 3.05) is 13.1 Å². The molecule has 1 heterocycles. The molecular formula is C15H15BrN4O4. The van der Waals surface area contributed by atoms with Crippen molar-refractivity contribution in [2.24, 2.45) is 0 Å². The minimum absolute atomic E-state index is 0.249. The van der Waals surface area contributed by atoms with Crippen molar-refractivity contribution in [3.8, 4) is 11.4 Å². The third kappa shape index (κ3) is 4.42. The Hall–Kier alpha value is -2.68. The zero-order valence-electron chi connectivity index (χ0n) is 12.5. The number of carbonyl (C=O) groups is 2. The summed E-state index contributed by atoms with van der Waals surface area (Å²) < 4.78 is 1.87. The number of aromatic nitrogens is 2. The highest BCUT2D eigenvalue weighted by Gasteiger charge is 2.16. The van der Waals surface area contributed by atoms with Gasteiger partial charge in [-0.1, -0.05) is 15.9 Å². The van der Waals surface area contributed by atoms with Gasteiger partial charge < -0.3 is 15.7 Å². The largest absolute Gasteiger partial charge is 0.505 e. The monoisotopic (exact) mass is 394 g/mol. The highest BCUT2D eigenvalue weighted by atomic mass is 79.9. The summed E-state index contributed by atoms with van der Waals surface area (Å²) in [6.45, 7) is 0.708. The van der Waals surface area contributed by atoms with Crippen LogP contribution in [0.1, 0.15) is 16.9 Å². The maximum atomic E-state index is 12.1. The highest BCUT2D eigenvalue weighted by molar-refractivity contribution is 9.10. The topological polar surface area (TPSA) is 113 Å².